The average molecular weight is 525 g/mol. The van der Waals surface area contributed by atoms with Crippen LogP contribution >= 0.6 is 0 Å². The highest BCUT2D eigenvalue weighted by Crippen LogP contribution is 2.27. The van der Waals surface area contributed by atoms with Crippen molar-refractivity contribution in [2.24, 2.45) is 0 Å². The van der Waals surface area contributed by atoms with Crippen LogP contribution in [-0.2, 0) is 28.5 Å². The van der Waals surface area contributed by atoms with Crippen LogP contribution in [0.5, 0.6) is 0 Å². The molecule has 0 bridgehead atoms. The summed E-state index contributed by atoms with van der Waals surface area (Å²) in [6.45, 7) is 7.53. The maximum atomic E-state index is 12.8. The number of allylic oxidation sites excluding steroid dienone is 1. The van der Waals surface area contributed by atoms with E-state index in [1.54, 1.807) is 61.5 Å². The molecule has 0 radical (unpaired) electrons. The normalized spacial score (nSPS) is 21.6. The summed E-state index contributed by atoms with van der Waals surface area (Å²) in [4.78, 5) is 37.2. The first-order valence-electron chi connectivity index (χ1n) is 12.8. The molecule has 8 heteroatoms. The third kappa shape index (κ3) is 9.43. The van der Waals surface area contributed by atoms with Gasteiger partial charge in [-0.15, -0.1) is 0 Å². The zero-order valence-corrected chi connectivity index (χ0v) is 22.3. The van der Waals surface area contributed by atoms with Crippen molar-refractivity contribution >= 4 is 17.9 Å². The molecule has 0 spiro atoms. The summed E-state index contributed by atoms with van der Waals surface area (Å²) < 4.78 is 28.7. The van der Waals surface area contributed by atoms with Crippen LogP contribution in [0.3, 0.4) is 0 Å². The van der Waals surface area contributed by atoms with Crippen LogP contribution in [0.1, 0.15) is 67.7 Å². The highest BCUT2D eigenvalue weighted by Gasteiger charge is 2.41. The van der Waals surface area contributed by atoms with E-state index in [0.29, 0.717) is 30.6 Å². The Bertz CT molecular complexity index is 1070. The lowest BCUT2D eigenvalue weighted by Crippen LogP contribution is -2.50. The largest absolute Gasteiger partial charge is 0.457 e. The maximum absolute atomic E-state index is 12.8. The molecule has 1 heterocycles. The summed E-state index contributed by atoms with van der Waals surface area (Å²) >= 11 is 0. The lowest BCUT2D eigenvalue weighted by Gasteiger charge is -2.38. The number of carbonyl (C=O) groups is 3. The van der Waals surface area contributed by atoms with Crippen molar-refractivity contribution in [1.29, 1.82) is 0 Å². The van der Waals surface area contributed by atoms with Crippen molar-refractivity contribution in [3.05, 3.63) is 83.9 Å². The van der Waals surface area contributed by atoms with Crippen LogP contribution in [0.15, 0.2) is 72.8 Å². The Morgan fingerprint density at radius 2 is 1.45 bits per heavy atom. The van der Waals surface area contributed by atoms with Gasteiger partial charge in [0.05, 0.1) is 23.8 Å². The minimum Gasteiger partial charge on any atom is -0.457 e. The Morgan fingerprint density at radius 3 is 2.00 bits per heavy atom. The number of carbonyl (C=O) groups excluding carboxylic acids is 3. The van der Waals surface area contributed by atoms with Crippen molar-refractivity contribution in [3.63, 3.8) is 0 Å². The predicted molar refractivity (Wildman–Crippen MR) is 140 cm³/mol. The molecule has 2 aromatic carbocycles. The van der Waals surface area contributed by atoms with Crippen LogP contribution in [-0.4, -0.2) is 54.7 Å². The third-order valence-corrected chi connectivity index (χ3v) is 5.63. The Hall–Kier alpha value is -3.49. The van der Waals surface area contributed by atoms with Gasteiger partial charge in [-0.3, -0.25) is 0 Å². The molecular formula is C30H36O8. The van der Waals surface area contributed by atoms with Crippen molar-refractivity contribution in [3.8, 4) is 0 Å². The number of rotatable bonds is 10. The van der Waals surface area contributed by atoms with E-state index >= 15 is 0 Å². The van der Waals surface area contributed by atoms with E-state index in [4.69, 9.17) is 23.7 Å². The van der Waals surface area contributed by atoms with Crippen molar-refractivity contribution in [2.75, 3.05) is 6.61 Å². The molecule has 1 fully saturated rings. The van der Waals surface area contributed by atoms with Crippen molar-refractivity contribution in [1.82, 2.24) is 0 Å². The summed E-state index contributed by atoms with van der Waals surface area (Å²) in [5.74, 6) is -1.39. The zero-order chi connectivity index (χ0) is 27.5. The number of hydrogen-bond acceptors (Lipinski definition) is 8. The lowest BCUT2D eigenvalue weighted by molar-refractivity contribution is -0.260. The van der Waals surface area contributed by atoms with E-state index in [0.717, 1.165) is 0 Å². The van der Waals surface area contributed by atoms with Crippen LogP contribution in [0.4, 0.5) is 0 Å². The van der Waals surface area contributed by atoms with Crippen LogP contribution < -0.4 is 0 Å². The second-order valence-electron chi connectivity index (χ2n) is 10.0. The highest BCUT2D eigenvalue weighted by atomic mass is 16.7. The van der Waals surface area contributed by atoms with Crippen LogP contribution in [0.2, 0.25) is 0 Å². The van der Waals surface area contributed by atoms with Gasteiger partial charge < -0.3 is 23.7 Å². The Kier molecular flexibility index (Phi) is 10.6. The standard InChI is InChI=1S/C30H36O8/c1-21-24(36-27(32)22-14-8-5-9-15-22)20-25(37-28(33)23-16-10-6-11-17-23)29(35-21)34-19-13-7-12-18-26(31)38-30(2,3)4/h5-6,8-12,14-18,21,24-25,29H,7,13,19-20H2,1-4H3/b18-12+/t21-,24+,25+,29+/m0/s1. The fourth-order valence-electron chi connectivity index (χ4n) is 3.79. The van der Waals surface area contributed by atoms with E-state index in [-0.39, 0.29) is 6.42 Å². The second kappa shape index (κ2) is 13.9. The van der Waals surface area contributed by atoms with Gasteiger partial charge in [0, 0.05) is 12.5 Å². The minimum atomic E-state index is -0.834. The summed E-state index contributed by atoms with van der Waals surface area (Å²) in [6.07, 6.45) is 1.82. The maximum Gasteiger partial charge on any atom is 0.338 e. The molecular weight excluding hydrogens is 488 g/mol. The molecule has 1 saturated heterocycles. The molecule has 1 aliphatic heterocycles. The first kappa shape index (κ1) is 29.1. The monoisotopic (exact) mass is 524 g/mol. The molecule has 0 N–H and O–H groups in total. The van der Waals surface area contributed by atoms with Gasteiger partial charge in [0.15, 0.2) is 12.4 Å². The van der Waals surface area contributed by atoms with Gasteiger partial charge in [0.25, 0.3) is 0 Å². The topological polar surface area (TPSA) is 97.4 Å². The summed E-state index contributed by atoms with van der Waals surface area (Å²) in [7, 11) is 0. The molecule has 0 unspecified atom stereocenters. The van der Waals surface area contributed by atoms with Crippen LogP contribution in [0.25, 0.3) is 0 Å². The molecule has 4 atom stereocenters. The van der Waals surface area contributed by atoms with Gasteiger partial charge in [-0.1, -0.05) is 42.5 Å². The highest BCUT2D eigenvalue weighted by molar-refractivity contribution is 5.90. The van der Waals surface area contributed by atoms with Crippen molar-refractivity contribution < 1.29 is 38.1 Å². The summed E-state index contributed by atoms with van der Waals surface area (Å²) in [5, 5.41) is 0. The third-order valence-electron chi connectivity index (χ3n) is 5.63. The van der Waals surface area contributed by atoms with E-state index in [1.165, 1.54) is 6.08 Å². The molecule has 0 saturated carbocycles. The van der Waals surface area contributed by atoms with Gasteiger partial charge >= 0.3 is 17.9 Å². The predicted octanol–water partition coefficient (Wildman–Crippen LogP) is 5.27. The van der Waals surface area contributed by atoms with E-state index in [1.807, 2.05) is 32.9 Å². The number of esters is 3. The fraction of sp³-hybridized carbons (Fsp3) is 0.433. The Labute approximate surface area is 223 Å². The van der Waals surface area contributed by atoms with Gasteiger partial charge in [0.2, 0.25) is 0 Å². The van der Waals surface area contributed by atoms with Crippen molar-refractivity contribution in [2.45, 2.75) is 77.2 Å². The second-order valence-corrected chi connectivity index (χ2v) is 10.0. The zero-order valence-electron chi connectivity index (χ0n) is 22.3. The number of ether oxygens (including phenoxy) is 5. The number of benzene rings is 2. The molecule has 3 rings (SSSR count). The molecule has 2 aromatic rings. The van der Waals surface area contributed by atoms with E-state index in [2.05, 4.69) is 0 Å². The molecule has 204 valence electrons. The van der Waals surface area contributed by atoms with E-state index in [9.17, 15) is 14.4 Å². The van der Waals surface area contributed by atoms with Crippen LogP contribution in [0, 0.1) is 0 Å². The average Bonchev–Trinajstić information content (AvgIpc) is 2.88. The summed E-state index contributed by atoms with van der Waals surface area (Å²) in [6, 6.07) is 17.3. The number of unbranched alkanes of at least 4 members (excludes halogenated alkanes) is 1. The van der Waals surface area contributed by atoms with Gasteiger partial charge in [0.1, 0.15) is 11.7 Å². The Morgan fingerprint density at radius 1 is 0.895 bits per heavy atom. The van der Waals surface area contributed by atoms with E-state index < -0.39 is 48.1 Å². The minimum absolute atomic E-state index is 0.224. The molecule has 0 amide bonds. The van der Waals surface area contributed by atoms with Gasteiger partial charge in [-0.25, -0.2) is 14.4 Å². The quantitative estimate of drug-likeness (QED) is 0.180. The molecule has 1 aliphatic rings. The first-order chi connectivity index (χ1) is 18.1. The molecule has 38 heavy (non-hydrogen) atoms. The fourth-order valence-corrected chi connectivity index (χ4v) is 3.79. The lowest BCUT2D eigenvalue weighted by atomic mass is 10.0. The first-order valence-corrected chi connectivity index (χ1v) is 12.8. The van der Waals surface area contributed by atoms with Gasteiger partial charge in [-0.2, -0.15) is 0 Å². The smallest absolute Gasteiger partial charge is 0.338 e. The molecule has 8 nitrogen and oxygen atoms in total. The van der Waals surface area contributed by atoms with Gasteiger partial charge in [-0.05, 0) is 64.8 Å². The SMILES string of the molecule is C[C@@H]1O[C@@H](OCCC/C=C/C(=O)OC(C)(C)C)[C@H](OC(=O)c2ccccc2)C[C@H]1OC(=O)c1ccccc1. The molecule has 0 aliphatic carbocycles. The summed E-state index contributed by atoms with van der Waals surface area (Å²) in [5.41, 5.74) is 0.282. The number of hydrogen-bond donors (Lipinski definition) is 0. The Balaban J connectivity index is 1.59. The molecule has 0 aromatic heterocycles.